The van der Waals surface area contributed by atoms with Crippen molar-refractivity contribution in [3.8, 4) is 0 Å². The smallest absolute Gasteiger partial charge is 0.233 e. The number of hydrogen-bond acceptors (Lipinski definition) is 4. The molecule has 0 saturated carbocycles. The first kappa shape index (κ1) is 16.9. The lowest BCUT2D eigenvalue weighted by Crippen LogP contribution is -2.46. The highest BCUT2D eigenvalue weighted by atomic mass is 16.5. The third-order valence-corrected chi connectivity index (χ3v) is 4.23. The summed E-state index contributed by atoms with van der Waals surface area (Å²) in [5, 5.41) is 6.14. The maximum Gasteiger partial charge on any atom is 0.233 e. The molecule has 122 valence electrons. The molecular formula is C17H26N2O3. The number of benzene rings is 1. The zero-order chi connectivity index (χ0) is 15.7. The second-order valence-corrected chi connectivity index (χ2v) is 5.71. The molecule has 2 rings (SSSR count). The molecule has 0 radical (unpaired) electrons. The lowest BCUT2D eigenvalue weighted by atomic mass is 9.74. The van der Waals surface area contributed by atoms with Crippen LogP contribution in [0.5, 0.6) is 0 Å². The second-order valence-electron chi connectivity index (χ2n) is 5.71. The van der Waals surface area contributed by atoms with Crippen LogP contribution in [-0.4, -0.2) is 52.5 Å². The topological polar surface area (TPSA) is 59.6 Å². The van der Waals surface area contributed by atoms with E-state index in [1.54, 1.807) is 7.11 Å². The Morgan fingerprint density at radius 3 is 2.68 bits per heavy atom. The van der Waals surface area contributed by atoms with Gasteiger partial charge in [0.2, 0.25) is 5.91 Å². The van der Waals surface area contributed by atoms with Gasteiger partial charge < -0.3 is 20.1 Å². The highest BCUT2D eigenvalue weighted by Gasteiger charge is 2.34. The molecule has 1 saturated heterocycles. The molecule has 0 bridgehead atoms. The van der Waals surface area contributed by atoms with Gasteiger partial charge in [0, 0.05) is 38.8 Å². The zero-order valence-corrected chi connectivity index (χ0v) is 13.3. The summed E-state index contributed by atoms with van der Waals surface area (Å²) in [7, 11) is 1.65. The second kappa shape index (κ2) is 8.88. The van der Waals surface area contributed by atoms with Gasteiger partial charge in [0.05, 0.1) is 13.2 Å². The standard InChI is InChI=1S/C17H26N2O3/c1-21-12-9-18-13-16(20)19-14-17(7-10-22-11-8-17)15-5-3-2-4-6-15/h2-6,18H,7-14H2,1H3,(H,19,20). The summed E-state index contributed by atoms with van der Waals surface area (Å²) in [4.78, 5) is 12.0. The van der Waals surface area contributed by atoms with Crippen molar-refractivity contribution in [3.05, 3.63) is 35.9 Å². The van der Waals surface area contributed by atoms with Crippen molar-refractivity contribution < 1.29 is 14.3 Å². The number of amides is 1. The van der Waals surface area contributed by atoms with Crippen molar-refractivity contribution in [2.24, 2.45) is 0 Å². The molecule has 0 unspecified atom stereocenters. The van der Waals surface area contributed by atoms with Crippen molar-refractivity contribution in [1.29, 1.82) is 0 Å². The highest BCUT2D eigenvalue weighted by Crippen LogP contribution is 2.34. The molecule has 1 amide bonds. The summed E-state index contributed by atoms with van der Waals surface area (Å²) >= 11 is 0. The Bertz CT molecular complexity index is 444. The van der Waals surface area contributed by atoms with E-state index in [0.29, 0.717) is 26.2 Å². The Hall–Kier alpha value is -1.43. The van der Waals surface area contributed by atoms with Crippen molar-refractivity contribution in [1.82, 2.24) is 10.6 Å². The van der Waals surface area contributed by atoms with Crippen molar-refractivity contribution in [2.45, 2.75) is 18.3 Å². The first-order valence-electron chi connectivity index (χ1n) is 7.86. The van der Waals surface area contributed by atoms with Crippen LogP contribution in [0, 0.1) is 0 Å². The van der Waals surface area contributed by atoms with E-state index in [1.165, 1.54) is 5.56 Å². The summed E-state index contributed by atoms with van der Waals surface area (Å²) in [6.45, 7) is 3.77. The Morgan fingerprint density at radius 1 is 1.27 bits per heavy atom. The van der Waals surface area contributed by atoms with E-state index >= 15 is 0 Å². The van der Waals surface area contributed by atoms with E-state index in [2.05, 4.69) is 34.9 Å². The average Bonchev–Trinajstić information content (AvgIpc) is 2.58. The van der Waals surface area contributed by atoms with Crippen LogP contribution in [0.4, 0.5) is 0 Å². The molecular weight excluding hydrogens is 280 g/mol. The highest BCUT2D eigenvalue weighted by molar-refractivity contribution is 5.78. The Labute approximate surface area is 132 Å². The first-order valence-corrected chi connectivity index (χ1v) is 7.86. The molecule has 5 nitrogen and oxygen atoms in total. The van der Waals surface area contributed by atoms with E-state index in [9.17, 15) is 4.79 Å². The third kappa shape index (κ3) is 4.80. The number of carbonyl (C=O) groups is 1. The van der Waals surface area contributed by atoms with E-state index in [1.807, 2.05) is 6.07 Å². The van der Waals surface area contributed by atoms with Gasteiger partial charge in [0.25, 0.3) is 0 Å². The van der Waals surface area contributed by atoms with Crippen LogP contribution >= 0.6 is 0 Å². The summed E-state index contributed by atoms with van der Waals surface area (Å²) in [5.74, 6) is 0.0258. The molecule has 22 heavy (non-hydrogen) atoms. The van der Waals surface area contributed by atoms with Crippen LogP contribution in [0.2, 0.25) is 0 Å². The minimum absolute atomic E-state index is 0.0122. The van der Waals surface area contributed by atoms with Crippen LogP contribution < -0.4 is 10.6 Å². The van der Waals surface area contributed by atoms with Gasteiger partial charge in [0.15, 0.2) is 0 Å². The minimum Gasteiger partial charge on any atom is -0.383 e. The van der Waals surface area contributed by atoms with Crippen LogP contribution in [-0.2, 0) is 19.7 Å². The number of rotatable bonds is 8. The van der Waals surface area contributed by atoms with Crippen LogP contribution in [0.15, 0.2) is 30.3 Å². The van der Waals surface area contributed by atoms with E-state index < -0.39 is 0 Å². The van der Waals surface area contributed by atoms with Gasteiger partial charge in [-0.1, -0.05) is 30.3 Å². The summed E-state index contributed by atoms with van der Waals surface area (Å²) in [5.41, 5.74) is 1.27. The van der Waals surface area contributed by atoms with E-state index in [4.69, 9.17) is 9.47 Å². The summed E-state index contributed by atoms with van der Waals surface area (Å²) < 4.78 is 10.5. The molecule has 1 aliphatic heterocycles. The van der Waals surface area contributed by atoms with Gasteiger partial charge in [0.1, 0.15) is 0 Å². The van der Waals surface area contributed by atoms with Crippen molar-refractivity contribution in [3.63, 3.8) is 0 Å². The monoisotopic (exact) mass is 306 g/mol. The number of hydrogen-bond donors (Lipinski definition) is 2. The van der Waals surface area contributed by atoms with Crippen LogP contribution in [0.25, 0.3) is 0 Å². The molecule has 1 fully saturated rings. The average molecular weight is 306 g/mol. The number of ether oxygens (including phenoxy) is 2. The quantitative estimate of drug-likeness (QED) is 0.706. The largest absolute Gasteiger partial charge is 0.383 e. The lowest BCUT2D eigenvalue weighted by molar-refractivity contribution is -0.120. The molecule has 2 N–H and O–H groups in total. The number of nitrogens with one attached hydrogen (secondary N) is 2. The van der Waals surface area contributed by atoms with Gasteiger partial charge in [-0.2, -0.15) is 0 Å². The predicted molar refractivity (Wildman–Crippen MR) is 85.9 cm³/mol. The molecule has 1 heterocycles. The molecule has 1 aliphatic rings. The van der Waals surface area contributed by atoms with Crippen molar-refractivity contribution in [2.75, 3.05) is 46.6 Å². The fraction of sp³-hybridized carbons (Fsp3) is 0.588. The normalized spacial score (nSPS) is 17.1. The van der Waals surface area contributed by atoms with Gasteiger partial charge >= 0.3 is 0 Å². The lowest BCUT2D eigenvalue weighted by Gasteiger charge is -2.38. The Kier molecular flexibility index (Phi) is 6.83. The maximum absolute atomic E-state index is 12.0. The molecule has 0 aliphatic carbocycles. The Balaban J connectivity index is 1.89. The summed E-state index contributed by atoms with van der Waals surface area (Å²) in [6.07, 6.45) is 1.88. The molecule has 1 aromatic rings. The van der Waals surface area contributed by atoms with Crippen molar-refractivity contribution >= 4 is 5.91 Å². The SMILES string of the molecule is COCCNCC(=O)NCC1(c2ccccc2)CCOCC1. The zero-order valence-electron chi connectivity index (χ0n) is 13.3. The number of methoxy groups -OCH3 is 1. The predicted octanol–water partition coefficient (Wildman–Crippen LogP) is 1.09. The maximum atomic E-state index is 12.0. The fourth-order valence-corrected chi connectivity index (χ4v) is 2.83. The van der Waals surface area contributed by atoms with Crippen LogP contribution in [0.1, 0.15) is 18.4 Å². The van der Waals surface area contributed by atoms with E-state index in [-0.39, 0.29) is 11.3 Å². The van der Waals surface area contributed by atoms with Gasteiger partial charge in [-0.05, 0) is 18.4 Å². The molecule has 0 aromatic heterocycles. The number of carbonyl (C=O) groups excluding carboxylic acids is 1. The van der Waals surface area contributed by atoms with E-state index in [0.717, 1.165) is 26.1 Å². The van der Waals surface area contributed by atoms with Gasteiger partial charge in [-0.3, -0.25) is 4.79 Å². The minimum atomic E-state index is -0.0122. The third-order valence-electron chi connectivity index (χ3n) is 4.23. The van der Waals surface area contributed by atoms with Gasteiger partial charge in [-0.15, -0.1) is 0 Å². The van der Waals surface area contributed by atoms with Crippen LogP contribution in [0.3, 0.4) is 0 Å². The molecule has 1 aromatic carbocycles. The Morgan fingerprint density at radius 2 is 2.00 bits per heavy atom. The molecule has 0 atom stereocenters. The molecule has 5 heteroatoms. The fourth-order valence-electron chi connectivity index (χ4n) is 2.83. The van der Waals surface area contributed by atoms with Gasteiger partial charge in [-0.25, -0.2) is 0 Å². The molecule has 0 spiro atoms. The summed E-state index contributed by atoms with van der Waals surface area (Å²) in [6, 6.07) is 10.4. The first-order chi connectivity index (χ1) is 10.8.